The van der Waals surface area contributed by atoms with E-state index < -0.39 is 0 Å². The van der Waals surface area contributed by atoms with Crippen LogP contribution < -0.4 is 10.5 Å². The molecule has 0 radical (unpaired) electrons. The Morgan fingerprint density at radius 3 is 2.88 bits per heavy atom. The van der Waals surface area contributed by atoms with Crippen molar-refractivity contribution in [2.45, 2.75) is 13.8 Å². The number of nitrogens with zero attached hydrogens (tertiary/aromatic N) is 1. The van der Waals surface area contributed by atoms with Gasteiger partial charge >= 0.3 is 0 Å². The van der Waals surface area contributed by atoms with Crippen molar-refractivity contribution in [2.24, 2.45) is 11.7 Å². The summed E-state index contributed by atoms with van der Waals surface area (Å²) in [6.07, 6.45) is 1.62. The quantitative estimate of drug-likeness (QED) is 0.593. The summed E-state index contributed by atoms with van der Waals surface area (Å²) in [6.45, 7) is 6.05. The highest BCUT2D eigenvalue weighted by Gasteiger charge is 2.00. The van der Waals surface area contributed by atoms with E-state index in [1.807, 2.05) is 0 Å². The standard InChI is InChI=1S/C12H18N2O2S/c1-9(2)8-15-5-6-16-10-3-4-14-11(7-10)12(13)17/h3-4,7,9H,5-6,8H2,1-2H3,(H2,13,17). The first kappa shape index (κ1) is 13.9. The van der Waals surface area contributed by atoms with Crippen LogP contribution in [0.2, 0.25) is 0 Å². The van der Waals surface area contributed by atoms with Gasteiger partial charge in [-0.3, -0.25) is 4.98 Å². The molecule has 0 unspecified atom stereocenters. The minimum atomic E-state index is 0.270. The first-order valence-corrected chi connectivity index (χ1v) is 5.97. The Balaban J connectivity index is 2.31. The molecule has 2 N–H and O–H groups in total. The number of hydrogen-bond acceptors (Lipinski definition) is 4. The molecule has 17 heavy (non-hydrogen) atoms. The largest absolute Gasteiger partial charge is 0.491 e. The zero-order valence-corrected chi connectivity index (χ0v) is 11.0. The molecule has 94 valence electrons. The van der Waals surface area contributed by atoms with Gasteiger partial charge in [-0.25, -0.2) is 0 Å². The smallest absolute Gasteiger partial charge is 0.123 e. The van der Waals surface area contributed by atoms with Gasteiger partial charge in [-0.15, -0.1) is 0 Å². The highest BCUT2D eigenvalue weighted by molar-refractivity contribution is 7.80. The van der Waals surface area contributed by atoms with Crippen molar-refractivity contribution in [3.8, 4) is 5.75 Å². The minimum Gasteiger partial charge on any atom is -0.491 e. The number of rotatable bonds is 7. The molecule has 0 amide bonds. The summed E-state index contributed by atoms with van der Waals surface area (Å²) in [7, 11) is 0. The van der Waals surface area contributed by atoms with E-state index in [2.05, 4.69) is 18.8 Å². The predicted octanol–water partition coefficient (Wildman–Crippen LogP) is 1.77. The maximum absolute atomic E-state index is 5.50. The lowest BCUT2D eigenvalue weighted by Gasteiger charge is -2.09. The second-order valence-corrected chi connectivity index (χ2v) is 4.50. The molecule has 0 fully saturated rings. The van der Waals surface area contributed by atoms with Crippen LogP contribution in [-0.4, -0.2) is 29.8 Å². The van der Waals surface area contributed by atoms with Crippen LogP contribution in [0.15, 0.2) is 18.3 Å². The second kappa shape index (κ2) is 7.19. The van der Waals surface area contributed by atoms with Crippen LogP contribution in [-0.2, 0) is 4.74 Å². The molecular weight excluding hydrogens is 236 g/mol. The second-order valence-electron chi connectivity index (χ2n) is 4.06. The zero-order valence-electron chi connectivity index (χ0n) is 10.2. The van der Waals surface area contributed by atoms with Crippen LogP contribution in [0.3, 0.4) is 0 Å². The fraction of sp³-hybridized carbons (Fsp3) is 0.500. The van der Waals surface area contributed by atoms with Gasteiger partial charge in [-0.05, 0) is 12.0 Å². The Bertz CT molecular complexity index is 369. The summed E-state index contributed by atoms with van der Waals surface area (Å²) in [5.41, 5.74) is 6.05. The monoisotopic (exact) mass is 254 g/mol. The van der Waals surface area contributed by atoms with Gasteiger partial charge in [-0.1, -0.05) is 26.1 Å². The molecule has 5 heteroatoms. The van der Waals surface area contributed by atoms with Crippen molar-refractivity contribution >= 4 is 17.2 Å². The molecule has 1 heterocycles. The maximum Gasteiger partial charge on any atom is 0.123 e. The Morgan fingerprint density at radius 1 is 1.47 bits per heavy atom. The molecule has 0 saturated carbocycles. The Labute approximate surface area is 107 Å². The first-order chi connectivity index (χ1) is 8.09. The fourth-order valence-corrected chi connectivity index (χ4v) is 1.28. The average Bonchev–Trinajstić information content (AvgIpc) is 2.28. The third-order valence-electron chi connectivity index (χ3n) is 1.93. The summed E-state index contributed by atoms with van der Waals surface area (Å²) in [6, 6.07) is 3.50. The summed E-state index contributed by atoms with van der Waals surface area (Å²) in [4.78, 5) is 4.30. The van der Waals surface area contributed by atoms with Crippen molar-refractivity contribution in [1.29, 1.82) is 0 Å². The SMILES string of the molecule is CC(C)COCCOc1ccnc(C(N)=S)c1. The molecule has 0 spiro atoms. The lowest BCUT2D eigenvalue weighted by atomic mass is 10.2. The van der Waals surface area contributed by atoms with Gasteiger partial charge in [-0.2, -0.15) is 0 Å². The summed E-state index contributed by atoms with van der Waals surface area (Å²) in [5.74, 6) is 1.24. The van der Waals surface area contributed by atoms with Crippen LogP contribution in [0.1, 0.15) is 19.5 Å². The summed E-state index contributed by atoms with van der Waals surface area (Å²) < 4.78 is 10.9. The van der Waals surface area contributed by atoms with Crippen LogP contribution in [0.25, 0.3) is 0 Å². The van der Waals surface area contributed by atoms with Gasteiger partial charge < -0.3 is 15.2 Å². The Kier molecular flexibility index (Phi) is 5.86. The first-order valence-electron chi connectivity index (χ1n) is 5.56. The number of ether oxygens (including phenoxy) is 2. The summed E-state index contributed by atoms with van der Waals surface area (Å²) in [5, 5.41) is 0. The Morgan fingerprint density at radius 2 is 2.24 bits per heavy atom. The molecule has 1 rings (SSSR count). The van der Waals surface area contributed by atoms with Crippen molar-refractivity contribution in [3.63, 3.8) is 0 Å². The topological polar surface area (TPSA) is 57.4 Å². The van der Waals surface area contributed by atoms with E-state index in [0.717, 1.165) is 6.61 Å². The molecule has 0 aliphatic rings. The van der Waals surface area contributed by atoms with Crippen molar-refractivity contribution in [1.82, 2.24) is 4.98 Å². The van der Waals surface area contributed by atoms with E-state index in [9.17, 15) is 0 Å². The van der Waals surface area contributed by atoms with Crippen molar-refractivity contribution in [2.75, 3.05) is 19.8 Å². The third-order valence-corrected chi connectivity index (χ3v) is 2.14. The van der Waals surface area contributed by atoms with Gasteiger partial charge in [0.05, 0.1) is 6.61 Å². The molecule has 1 aromatic rings. The minimum absolute atomic E-state index is 0.270. The van der Waals surface area contributed by atoms with E-state index in [0.29, 0.717) is 30.6 Å². The van der Waals surface area contributed by atoms with Crippen molar-refractivity contribution < 1.29 is 9.47 Å². The number of thiocarbonyl (C=S) groups is 1. The molecule has 0 aliphatic carbocycles. The van der Waals surface area contributed by atoms with Gasteiger partial charge in [0, 0.05) is 18.9 Å². The molecule has 4 nitrogen and oxygen atoms in total. The molecule has 1 aromatic heterocycles. The average molecular weight is 254 g/mol. The molecule has 0 saturated heterocycles. The predicted molar refractivity (Wildman–Crippen MR) is 71.3 cm³/mol. The van der Waals surface area contributed by atoms with Crippen LogP contribution in [0.5, 0.6) is 5.75 Å². The summed E-state index contributed by atoms with van der Waals surface area (Å²) >= 11 is 4.84. The number of nitrogens with two attached hydrogens (primary N) is 1. The molecule has 0 aliphatic heterocycles. The normalized spacial score (nSPS) is 10.5. The lowest BCUT2D eigenvalue weighted by Crippen LogP contribution is -2.13. The number of hydrogen-bond donors (Lipinski definition) is 1. The van der Waals surface area contributed by atoms with Gasteiger partial charge in [0.15, 0.2) is 0 Å². The molecular formula is C12H18N2O2S. The highest BCUT2D eigenvalue weighted by atomic mass is 32.1. The zero-order chi connectivity index (χ0) is 12.7. The third kappa shape index (κ3) is 5.60. The molecule has 0 atom stereocenters. The maximum atomic E-state index is 5.50. The Hall–Kier alpha value is -1.20. The number of aromatic nitrogens is 1. The van der Waals surface area contributed by atoms with E-state index in [1.165, 1.54) is 0 Å². The lowest BCUT2D eigenvalue weighted by molar-refractivity contribution is 0.0819. The highest BCUT2D eigenvalue weighted by Crippen LogP contribution is 2.10. The van der Waals surface area contributed by atoms with E-state index in [4.69, 9.17) is 27.4 Å². The van der Waals surface area contributed by atoms with Gasteiger partial charge in [0.1, 0.15) is 23.0 Å². The number of pyridine rings is 1. The van der Waals surface area contributed by atoms with Gasteiger partial charge in [0.2, 0.25) is 0 Å². The molecule has 0 bridgehead atoms. The van der Waals surface area contributed by atoms with E-state index >= 15 is 0 Å². The molecule has 0 aromatic carbocycles. The van der Waals surface area contributed by atoms with Crippen LogP contribution >= 0.6 is 12.2 Å². The van der Waals surface area contributed by atoms with Crippen molar-refractivity contribution in [3.05, 3.63) is 24.0 Å². The van der Waals surface area contributed by atoms with Crippen LogP contribution in [0, 0.1) is 5.92 Å². The van der Waals surface area contributed by atoms with E-state index in [-0.39, 0.29) is 4.99 Å². The fourth-order valence-electron chi connectivity index (χ4n) is 1.17. The van der Waals surface area contributed by atoms with E-state index in [1.54, 1.807) is 18.3 Å². The van der Waals surface area contributed by atoms with Gasteiger partial charge in [0.25, 0.3) is 0 Å². The van der Waals surface area contributed by atoms with Crippen LogP contribution in [0.4, 0.5) is 0 Å².